The maximum Gasteiger partial charge on any atom is 0.243 e. The highest BCUT2D eigenvalue weighted by Gasteiger charge is 2.26. The summed E-state index contributed by atoms with van der Waals surface area (Å²) in [6.07, 6.45) is 5.00. The average Bonchev–Trinajstić information content (AvgIpc) is 2.50. The van der Waals surface area contributed by atoms with E-state index in [0.717, 1.165) is 34.0 Å². The van der Waals surface area contributed by atoms with Crippen molar-refractivity contribution in [2.45, 2.75) is 36.0 Å². The van der Waals surface area contributed by atoms with Gasteiger partial charge in [-0.3, -0.25) is 0 Å². The molecule has 1 saturated heterocycles. The monoisotopic (exact) mass is 343 g/mol. The third-order valence-corrected chi connectivity index (χ3v) is 7.55. The van der Waals surface area contributed by atoms with Gasteiger partial charge >= 0.3 is 0 Å². The van der Waals surface area contributed by atoms with Crippen LogP contribution < -0.4 is 0 Å². The fourth-order valence-corrected chi connectivity index (χ4v) is 5.15. The van der Waals surface area contributed by atoms with Crippen LogP contribution in [-0.2, 0) is 10.0 Å². The van der Waals surface area contributed by atoms with E-state index in [0.29, 0.717) is 18.0 Å². The lowest BCUT2D eigenvalue weighted by atomic mass is 10.2. The van der Waals surface area contributed by atoms with Gasteiger partial charge in [0, 0.05) is 22.2 Å². The van der Waals surface area contributed by atoms with Crippen molar-refractivity contribution in [1.29, 1.82) is 0 Å². The zero-order chi connectivity index (χ0) is 15.5. The quantitative estimate of drug-likeness (QED) is 0.755. The number of nitrogens with zero attached hydrogens (tertiary/aromatic N) is 1. The Hall–Kier alpha value is -0.430. The summed E-state index contributed by atoms with van der Waals surface area (Å²) in [6, 6.07) is 5.38. The Balaban J connectivity index is 2.30. The first-order valence-electron chi connectivity index (χ1n) is 6.96. The largest absolute Gasteiger partial charge is 0.243 e. The fraction of sp³-hybridized carbons (Fsp3) is 0.467. The van der Waals surface area contributed by atoms with Crippen LogP contribution in [0.4, 0.5) is 0 Å². The van der Waals surface area contributed by atoms with Crippen LogP contribution in [0.2, 0.25) is 0 Å². The zero-order valence-corrected chi connectivity index (χ0v) is 14.9. The molecule has 21 heavy (non-hydrogen) atoms. The van der Waals surface area contributed by atoms with Gasteiger partial charge in [-0.05, 0) is 43.7 Å². The molecule has 1 aromatic carbocycles. The standard InChI is InChI=1S/C15H21NO2S3/c1-12-7-8-14(11-15(12)20-13(2)19-3)21(17,18)16-9-5-4-6-10-16/h7-8,11H,2,4-6,9-10H2,1,3H3. The summed E-state index contributed by atoms with van der Waals surface area (Å²) in [7, 11) is -3.36. The molecule has 0 atom stereocenters. The van der Waals surface area contributed by atoms with Crippen molar-refractivity contribution in [3.63, 3.8) is 0 Å². The van der Waals surface area contributed by atoms with Gasteiger partial charge in [0.1, 0.15) is 0 Å². The Morgan fingerprint density at radius 2 is 1.90 bits per heavy atom. The second kappa shape index (κ2) is 7.22. The molecule has 0 spiro atoms. The second-order valence-electron chi connectivity index (χ2n) is 5.07. The molecule has 1 heterocycles. The van der Waals surface area contributed by atoms with E-state index in [9.17, 15) is 8.42 Å². The highest BCUT2D eigenvalue weighted by Crippen LogP contribution is 2.35. The third-order valence-electron chi connectivity index (χ3n) is 3.56. The van der Waals surface area contributed by atoms with Gasteiger partial charge in [-0.25, -0.2) is 8.42 Å². The fourth-order valence-electron chi connectivity index (χ4n) is 2.27. The van der Waals surface area contributed by atoms with E-state index in [1.807, 2.05) is 19.2 Å². The SMILES string of the molecule is C=C(SC)Sc1cc(S(=O)(=O)N2CCCCC2)ccc1C. The molecule has 1 aliphatic heterocycles. The van der Waals surface area contributed by atoms with Gasteiger partial charge in [-0.1, -0.05) is 30.8 Å². The molecule has 0 unspecified atom stereocenters. The molecule has 116 valence electrons. The molecule has 3 nitrogen and oxygen atoms in total. The maximum atomic E-state index is 12.7. The minimum absolute atomic E-state index is 0.395. The normalized spacial score (nSPS) is 16.9. The van der Waals surface area contributed by atoms with Crippen LogP contribution in [0.15, 0.2) is 38.8 Å². The van der Waals surface area contributed by atoms with Crippen molar-refractivity contribution in [3.05, 3.63) is 34.6 Å². The maximum absolute atomic E-state index is 12.7. The number of hydrogen-bond donors (Lipinski definition) is 0. The highest BCUT2D eigenvalue weighted by molar-refractivity contribution is 8.22. The van der Waals surface area contributed by atoms with Gasteiger partial charge in [0.2, 0.25) is 10.0 Å². The zero-order valence-electron chi connectivity index (χ0n) is 12.5. The van der Waals surface area contributed by atoms with E-state index >= 15 is 0 Å². The first kappa shape index (κ1) is 16.9. The predicted molar refractivity (Wildman–Crippen MR) is 92.3 cm³/mol. The van der Waals surface area contributed by atoms with Gasteiger partial charge in [-0.15, -0.1) is 11.8 Å². The summed E-state index contributed by atoms with van der Waals surface area (Å²) < 4.78 is 28.0. The van der Waals surface area contributed by atoms with Gasteiger partial charge < -0.3 is 0 Å². The second-order valence-corrected chi connectivity index (χ2v) is 9.30. The number of thioether (sulfide) groups is 2. The minimum Gasteiger partial charge on any atom is -0.207 e. The lowest BCUT2D eigenvalue weighted by Gasteiger charge is -2.26. The summed E-state index contributed by atoms with van der Waals surface area (Å²) in [5.41, 5.74) is 1.08. The Bertz CT molecular complexity index is 620. The van der Waals surface area contributed by atoms with Crippen LogP contribution in [-0.4, -0.2) is 32.1 Å². The van der Waals surface area contributed by atoms with Crippen molar-refractivity contribution >= 4 is 33.5 Å². The van der Waals surface area contributed by atoms with Crippen LogP contribution in [0.1, 0.15) is 24.8 Å². The van der Waals surface area contributed by atoms with Gasteiger partial charge in [-0.2, -0.15) is 4.31 Å². The molecule has 0 N–H and O–H groups in total. The number of hydrogen-bond acceptors (Lipinski definition) is 4. The molecule has 1 fully saturated rings. The van der Waals surface area contributed by atoms with E-state index < -0.39 is 10.0 Å². The lowest BCUT2D eigenvalue weighted by molar-refractivity contribution is 0.346. The first-order valence-corrected chi connectivity index (χ1v) is 10.4. The number of benzene rings is 1. The van der Waals surface area contributed by atoms with Crippen LogP contribution >= 0.6 is 23.5 Å². The van der Waals surface area contributed by atoms with Crippen molar-refractivity contribution in [2.75, 3.05) is 19.3 Å². The van der Waals surface area contributed by atoms with Gasteiger partial charge in [0.05, 0.1) is 4.90 Å². The molecule has 0 amide bonds. The van der Waals surface area contributed by atoms with Gasteiger partial charge in [0.15, 0.2) is 0 Å². The molecule has 1 aromatic rings. The van der Waals surface area contributed by atoms with E-state index in [4.69, 9.17) is 0 Å². The number of sulfonamides is 1. The lowest BCUT2D eigenvalue weighted by Crippen LogP contribution is -2.35. The number of piperidine rings is 1. The summed E-state index contributed by atoms with van der Waals surface area (Å²) in [4.78, 5) is 1.36. The van der Waals surface area contributed by atoms with E-state index in [2.05, 4.69) is 6.58 Å². The molecular formula is C15H21NO2S3. The van der Waals surface area contributed by atoms with Crippen LogP contribution in [0.3, 0.4) is 0 Å². The van der Waals surface area contributed by atoms with Crippen LogP contribution in [0.5, 0.6) is 0 Å². The van der Waals surface area contributed by atoms with E-state index in [1.54, 1.807) is 28.2 Å². The molecule has 6 heteroatoms. The molecule has 0 bridgehead atoms. The molecule has 0 radical (unpaired) electrons. The summed E-state index contributed by atoms with van der Waals surface area (Å²) >= 11 is 3.11. The summed E-state index contributed by atoms with van der Waals surface area (Å²) in [5.74, 6) is 0. The first-order chi connectivity index (χ1) is 9.95. The molecule has 2 rings (SSSR count). The topological polar surface area (TPSA) is 37.4 Å². The third kappa shape index (κ3) is 4.06. The minimum atomic E-state index is -3.36. The van der Waals surface area contributed by atoms with E-state index in [1.165, 1.54) is 11.8 Å². The van der Waals surface area contributed by atoms with Gasteiger partial charge in [0.25, 0.3) is 0 Å². The van der Waals surface area contributed by atoms with Crippen LogP contribution in [0, 0.1) is 6.92 Å². The number of aryl methyl sites for hydroxylation is 1. The van der Waals surface area contributed by atoms with E-state index in [-0.39, 0.29) is 0 Å². The van der Waals surface area contributed by atoms with Crippen molar-refractivity contribution in [1.82, 2.24) is 4.31 Å². The summed E-state index contributed by atoms with van der Waals surface area (Å²) in [6.45, 7) is 7.22. The average molecular weight is 344 g/mol. The Labute approximate surface area is 136 Å². The predicted octanol–water partition coefficient (Wildman–Crippen LogP) is 4.10. The Morgan fingerprint density at radius 3 is 2.52 bits per heavy atom. The molecule has 0 aliphatic carbocycles. The Kier molecular flexibility index (Phi) is 5.82. The van der Waals surface area contributed by atoms with Crippen molar-refractivity contribution < 1.29 is 8.42 Å². The highest BCUT2D eigenvalue weighted by atomic mass is 32.2. The Morgan fingerprint density at radius 1 is 1.24 bits per heavy atom. The molecule has 1 aliphatic rings. The molecular weight excluding hydrogens is 322 g/mol. The summed E-state index contributed by atoms with van der Waals surface area (Å²) in [5, 5.41) is 0. The van der Waals surface area contributed by atoms with Crippen molar-refractivity contribution in [3.8, 4) is 0 Å². The van der Waals surface area contributed by atoms with Crippen molar-refractivity contribution in [2.24, 2.45) is 0 Å². The molecule has 0 saturated carbocycles. The van der Waals surface area contributed by atoms with Crippen LogP contribution in [0.25, 0.3) is 0 Å². The smallest absolute Gasteiger partial charge is 0.207 e. The number of rotatable bonds is 5. The molecule has 0 aromatic heterocycles.